The topological polar surface area (TPSA) is 44.7 Å². The van der Waals surface area contributed by atoms with Gasteiger partial charge >= 0.3 is 0 Å². The second-order valence-corrected chi connectivity index (χ2v) is 9.21. The van der Waals surface area contributed by atoms with Crippen LogP contribution in [-0.2, 0) is 4.74 Å². The lowest BCUT2D eigenvalue weighted by molar-refractivity contribution is 0.122. The lowest BCUT2D eigenvalue weighted by Gasteiger charge is -2.40. The second kappa shape index (κ2) is 10.0. The number of ether oxygens (including phenoxy) is 1. The zero-order chi connectivity index (χ0) is 23.5. The number of benzene rings is 3. The number of fused-ring (bicyclic) bond motifs is 1. The molecule has 2 saturated heterocycles. The summed E-state index contributed by atoms with van der Waals surface area (Å²) in [6, 6.07) is 30.3. The summed E-state index contributed by atoms with van der Waals surface area (Å²) in [6.45, 7) is 6.93. The number of anilines is 2. The van der Waals surface area contributed by atoms with Gasteiger partial charge in [-0.3, -0.25) is 4.90 Å². The molecule has 3 aromatic carbocycles. The zero-order valence-electron chi connectivity index (χ0n) is 20.0. The van der Waals surface area contributed by atoms with Gasteiger partial charge in [-0.1, -0.05) is 72.8 Å². The maximum Gasteiger partial charge on any atom is 0.227 e. The molecule has 4 aromatic rings. The predicted molar refractivity (Wildman–Crippen MR) is 141 cm³/mol. The van der Waals surface area contributed by atoms with Crippen LogP contribution < -0.4 is 9.80 Å². The summed E-state index contributed by atoms with van der Waals surface area (Å²) >= 11 is 0. The molecular weight excluding hydrogens is 434 g/mol. The average molecular weight is 466 g/mol. The minimum atomic E-state index is 0.251. The fraction of sp³-hybridized carbons (Fsp3) is 0.310. The van der Waals surface area contributed by atoms with E-state index < -0.39 is 0 Å². The van der Waals surface area contributed by atoms with Gasteiger partial charge in [-0.25, -0.2) is 4.98 Å². The van der Waals surface area contributed by atoms with Gasteiger partial charge in [0.25, 0.3) is 0 Å². The summed E-state index contributed by atoms with van der Waals surface area (Å²) < 4.78 is 5.59. The molecule has 0 saturated carbocycles. The summed E-state index contributed by atoms with van der Waals surface area (Å²) in [5.41, 5.74) is 3.68. The zero-order valence-corrected chi connectivity index (χ0v) is 20.0. The largest absolute Gasteiger partial charge is 0.378 e. The van der Waals surface area contributed by atoms with Crippen molar-refractivity contribution in [1.29, 1.82) is 0 Å². The second-order valence-electron chi connectivity index (χ2n) is 9.21. The molecule has 6 rings (SSSR count). The molecule has 178 valence electrons. The van der Waals surface area contributed by atoms with Crippen LogP contribution in [0.25, 0.3) is 10.9 Å². The Kier molecular flexibility index (Phi) is 6.30. The highest BCUT2D eigenvalue weighted by Gasteiger charge is 2.28. The predicted octanol–water partition coefficient (Wildman–Crippen LogP) is 4.38. The van der Waals surface area contributed by atoms with Gasteiger partial charge in [-0.2, -0.15) is 4.98 Å². The molecule has 1 aromatic heterocycles. The number of rotatable bonds is 5. The molecule has 6 nitrogen and oxygen atoms in total. The third-order valence-corrected chi connectivity index (χ3v) is 7.07. The fourth-order valence-corrected chi connectivity index (χ4v) is 5.27. The first-order valence-corrected chi connectivity index (χ1v) is 12.6. The van der Waals surface area contributed by atoms with Crippen molar-refractivity contribution < 1.29 is 4.74 Å². The summed E-state index contributed by atoms with van der Waals surface area (Å²) in [5, 5.41) is 1.12. The highest BCUT2D eigenvalue weighted by molar-refractivity contribution is 5.90. The number of piperazine rings is 1. The van der Waals surface area contributed by atoms with Crippen molar-refractivity contribution >= 4 is 22.7 Å². The van der Waals surface area contributed by atoms with Crippen molar-refractivity contribution in [2.24, 2.45) is 0 Å². The van der Waals surface area contributed by atoms with E-state index in [-0.39, 0.29) is 6.04 Å². The van der Waals surface area contributed by atoms with Gasteiger partial charge in [0.05, 0.1) is 24.8 Å². The van der Waals surface area contributed by atoms with Crippen LogP contribution in [0.5, 0.6) is 0 Å². The molecular formula is C29H31N5O. The number of aromatic nitrogens is 2. The third-order valence-electron chi connectivity index (χ3n) is 7.07. The molecule has 35 heavy (non-hydrogen) atoms. The van der Waals surface area contributed by atoms with Crippen LogP contribution in [0.1, 0.15) is 17.2 Å². The van der Waals surface area contributed by atoms with Crippen LogP contribution in [0.3, 0.4) is 0 Å². The van der Waals surface area contributed by atoms with Crippen LogP contribution in [-0.4, -0.2) is 67.4 Å². The van der Waals surface area contributed by atoms with Crippen molar-refractivity contribution in [2.45, 2.75) is 6.04 Å². The van der Waals surface area contributed by atoms with Gasteiger partial charge in [-0.05, 0) is 23.3 Å². The molecule has 3 heterocycles. The van der Waals surface area contributed by atoms with Crippen molar-refractivity contribution in [3.63, 3.8) is 0 Å². The highest BCUT2D eigenvalue weighted by atomic mass is 16.5. The smallest absolute Gasteiger partial charge is 0.227 e. The molecule has 6 heteroatoms. The lowest BCUT2D eigenvalue weighted by atomic mass is 9.96. The first-order valence-electron chi connectivity index (χ1n) is 12.6. The van der Waals surface area contributed by atoms with Crippen LogP contribution >= 0.6 is 0 Å². The minimum absolute atomic E-state index is 0.251. The maximum atomic E-state index is 5.59. The molecule has 2 fully saturated rings. The number of hydrogen-bond acceptors (Lipinski definition) is 6. The van der Waals surface area contributed by atoms with Gasteiger partial charge in [0.2, 0.25) is 5.95 Å². The van der Waals surface area contributed by atoms with E-state index in [4.69, 9.17) is 14.7 Å². The van der Waals surface area contributed by atoms with Gasteiger partial charge in [0, 0.05) is 44.7 Å². The molecule has 2 aliphatic rings. The maximum absolute atomic E-state index is 5.59. The first kappa shape index (κ1) is 22.0. The quantitative estimate of drug-likeness (QED) is 0.436. The Hall–Kier alpha value is -3.48. The van der Waals surface area contributed by atoms with E-state index in [1.54, 1.807) is 0 Å². The Labute approximate surface area is 206 Å². The Morgan fingerprint density at radius 1 is 0.600 bits per heavy atom. The van der Waals surface area contributed by atoms with E-state index in [9.17, 15) is 0 Å². The molecule has 0 aliphatic carbocycles. The molecule has 2 aliphatic heterocycles. The molecule has 0 unspecified atom stereocenters. The molecule has 0 bridgehead atoms. The van der Waals surface area contributed by atoms with Crippen LogP contribution in [0.4, 0.5) is 11.8 Å². The van der Waals surface area contributed by atoms with Crippen molar-refractivity contribution in [3.8, 4) is 0 Å². The standard InChI is InChI=1S/C29H31N5O/c1-3-9-23(10-4-1)27(24-11-5-2-6-12-24)32-15-17-34(18-16-32)29-30-26-14-8-7-13-25(26)28(31-29)33-19-21-35-22-20-33/h1-14,27H,15-22H2. The Morgan fingerprint density at radius 2 is 1.20 bits per heavy atom. The lowest BCUT2D eigenvalue weighted by Crippen LogP contribution is -2.48. The normalized spacial score (nSPS) is 17.3. The molecule has 0 spiro atoms. The SMILES string of the molecule is c1ccc(C(c2ccccc2)N2CCN(c3nc(N4CCOCC4)c4ccccc4n3)CC2)cc1. The Morgan fingerprint density at radius 3 is 1.86 bits per heavy atom. The molecule has 0 N–H and O–H groups in total. The van der Waals surface area contributed by atoms with Crippen molar-refractivity contribution in [1.82, 2.24) is 14.9 Å². The summed E-state index contributed by atoms with van der Waals surface area (Å²) in [7, 11) is 0. The van der Waals surface area contributed by atoms with Crippen molar-refractivity contribution in [3.05, 3.63) is 96.1 Å². The Bertz CT molecular complexity index is 1210. The van der Waals surface area contributed by atoms with Crippen LogP contribution in [0.2, 0.25) is 0 Å². The number of morpholine rings is 1. The van der Waals surface area contributed by atoms with E-state index in [0.29, 0.717) is 0 Å². The van der Waals surface area contributed by atoms with E-state index >= 15 is 0 Å². The van der Waals surface area contributed by atoms with Gasteiger partial charge < -0.3 is 14.5 Å². The van der Waals surface area contributed by atoms with E-state index in [2.05, 4.69) is 99.6 Å². The number of hydrogen-bond donors (Lipinski definition) is 0. The van der Waals surface area contributed by atoms with E-state index in [0.717, 1.165) is 75.2 Å². The fourth-order valence-electron chi connectivity index (χ4n) is 5.27. The summed E-state index contributed by atoms with van der Waals surface area (Å²) in [6.07, 6.45) is 0. The van der Waals surface area contributed by atoms with Gasteiger partial charge in [0.1, 0.15) is 5.82 Å². The number of nitrogens with zero attached hydrogens (tertiary/aromatic N) is 5. The summed E-state index contributed by atoms with van der Waals surface area (Å²) in [5.74, 6) is 1.86. The summed E-state index contributed by atoms with van der Waals surface area (Å²) in [4.78, 5) is 17.4. The monoisotopic (exact) mass is 465 g/mol. The number of para-hydroxylation sites is 1. The highest BCUT2D eigenvalue weighted by Crippen LogP contribution is 2.31. The van der Waals surface area contributed by atoms with E-state index in [1.165, 1.54) is 11.1 Å². The van der Waals surface area contributed by atoms with Gasteiger partial charge in [0.15, 0.2) is 0 Å². The molecule has 0 amide bonds. The van der Waals surface area contributed by atoms with Gasteiger partial charge in [-0.15, -0.1) is 0 Å². The molecule has 0 radical (unpaired) electrons. The van der Waals surface area contributed by atoms with Crippen LogP contribution in [0, 0.1) is 0 Å². The first-order chi connectivity index (χ1) is 17.4. The third kappa shape index (κ3) is 4.59. The van der Waals surface area contributed by atoms with Crippen LogP contribution in [0.15, 0.2) is 84.9 Å². The molecule has 0 atom stereocenters. The van der Waals surface area contributed by atoms with E-state index in [1.807, 2.05) is 0 Å². The Balaban J connectivity index is 1.26. The minimum Gasteiger partial charge on any atom is -0.378 e. The average Bonchev–Trinajstić information content (AvgIpc) is 2.95. The van der Waals surface area contributed by atoms with Crippen molar-refractivity contribution in [2.75, 3.05) is 62.3 Å².